The molecule has 2 aromatic rings. The minimum Gasteiger partial charge on any atom is -0.368 e. The van der Waals surface area contributed by atoms with Crippen molar-refractivity contribution < 1.29 is 9.18 Å². The van der Waals surface area contributed by atoms with E-state index in [0.29, 0.717) is 18.3 Å². The van der Waals surface area contributed by atoms with Crippen LogP contribution in [-0.2, 0) is 4.79 Å². The Hall–Kier alpha value is -2.36. The molecule has 1 aliphatic heterocycles. The number of piperazine rings is 1. The molecule has 1 amide bonds. The first-order valence-corrected chi connectivity index (χ1v) is 9.54. The Morgan fingerprint density at radius 2 is 1.62 bits per heavy atom. The number of rotatable bonds is 5. The topological polar surface area (TPSA) is 23.6 Å². The standard InChI is InChI=1S/C22H25FN2O/c23-19-8-10-20(11-9-19)24-12-14-25(15-13-24)22(26)16-21(18-6-7-18)17-4-2-1-3-5-17/h1-5,8-11,18,21H,6-7,12-16H2. The molecular formula is C22H25FN2O. The quantitative estimate of drug-likeness (QED) is 0.810. The fourth-order valence-corrected chi connectivity index (χ4v) is 3.94. The highest BCUT2D eigenvalue weighted by atomic mass is 19.1. The van der Waals surface area contributed by atoms with Gasteiger partial charge in [-0.05, 0) is 54.5 Å². The molecule has 1 aliphatic carbocycles. The third-order valence-corrected chi connectivity index (χ3v) is 5.64. The maximum absolute atomic E-state index is 13.1. The van der Waals surface area contributed by atoms with Crippen molar-refractivity contribution in [1.82, 2.24) is 4.90 Å². The van der Waals surface area contributed by atoms with Crippen LogP contribution in [0.2, 0.25) is 0 Å². The van der Waals surface area contributed by atoms with E-state index in [2.05, 4.69) is 29.2 Å². The molecule has 0 radical (unpaired) electrons. The van der Waals surface area contributed by atoms with Crippen molar-refractivity contribution in [2.24, 2.45) is 5.92 Å². The summed E-state index contributed by atoms with van der Waals surface area (Å²) in [5, 5.41) is 0. The maximum Gasteiger partial charge on any atom is 0.223 e. The SMILES string of the molecule is O=C(CC(c1ccccc1)C1CC1)N1CCN(c2ccc(F)cc2)CC1. The molecule has 0 aromatic heterocycles. The summed E-state index contributed by atoms with van der Waals surface area (Å²) in [7, 11) is 0. The van der Waals surface area contributed by atoms with Gasteiger partial charge >= 0.3 is 0 Å². The number of halogens is 1. The Bertz CT molecular complexity index is 734. The van der Waals surface area contributed by atoms with Crippen molar-refractivity contribution in [3.8, 4) is 0 Å². The predicted molar refractivity (Wildman–Crippen MR) is 102 cm³/mol. The van der Waals surface area contributed by atoms with Crippen LogP contribution in [-0.4, -0.2) is 37.0 Å². The summed E-state index contributed by atoms with van der Waals surface area (Å²) >= 11 is 0. The molecule has 4 heteroatoms. The number of benzene rings is 2. The molecule has 2 fully saturated rings. The number of amides is 1. The second-order valence-corrected chi connectivity index (χ2v) is 7.40. The van der Waals surface area contributed by atoms with Crippen molar-refractivity contribution in [2.75, 3.05) is 31.1 Å². The van der Waals surface area contributed by atoms with Gasteiger partial charge in [0.05, 0.1) is 0 Å². The Morgan fingerprint density at radius 3 is 2.23 bits per heavy atom. The number of hydrogen-bond donors (Lipinski definition) is 0. The number of carbonyl (C=O) groups excluding carboxylic acids is 1. The lowest BCUT2D eigenvalue weighted by atomic mass is 9.90. The molecule has 1 saturated heterocycles. The summed E-state index contributed by atoms with van der Waals surface area (Å²) in [5.74, 6) is 1.08. The molecule has 4 rings (SSSR count). The summed E-state index contributed by atoms with van der Waals surface area (Å²) in [6.07, 6.45) is 3.10. The van der Waals surface area contributed by atoms with Crippen molar-refractivity contribution in [2.45, 2.75) is 25.2 Å². The van der Waals surface area contributed by atoms with Crippen LogP contribution in [0.4, 0.5) is 10.1 Å². The second kappa shape index (κ2) is 7.48. The van der Waals surface area contributed by atoms with E-state index in [-0.39, 0.29) is 11.7 Å². The second-order valence-electron chi connectivity index (χ2n) is 7.40. The molecule has 1 unspecified atom stereocenters. The molecule has 2 aliphatic rings. The molecule has 1 saturated carbocycles. The van der Waals surface area contributed by atoms with Gasteiger partial charge in [-0.2, -0.15) is 0 Å². The van der Waals surface area contributed by atoms with Crippen LogP contribution in [0.15, 0.2) is 54.6 Å². The van der Waals surface area contributed by atoms with Gasteiger partial charge in [0.2, 0.25) is 5.91 Å². The van der Waals surface area contributed by atoms with E-state index in [9.17, 15) is 9.18 Å². The minimum atomic E-state index is -0.213. The molecule has 2 aromatic carbocycles. The van der Waals surface area contributed by atoms with Gasteiger partial charge in [0, 0.05) is 38.3 Å². The van der Waals surface area contributed by atoms with Crippen LogP contribution < -0.4 is 4.90 Å². The van der Waals surface area contributed by atoms with Crippen LogP contribution >= 0.6 is 0 Å². The third kappa shape index (κ3) is 3.90. The number of anilines is 1. The summed E-state index contributed by atoms with van der Waals surface area (Å²) in [6, 6.07) is 17.1. The Balaban J connectivity index is 1.35. The lowest BCUT2D eigenvalue weighted by molar-refractivity contribution is -0.132. The Kier molecular flexibility index (Phi) is 4.91. The fourth-order valence-electron chi connectivity index (χ4n) is 3.94. The van der Waals surface area contributed by atoms with Crippen molar-refractivity contribution >= 4 is 11.6 Å². The highest BCUT2D eigenvalue weighted by molar-refractivity contribution is 5.77. The van der Waals surface area contributed by atoms with Crippen molar-refractivity contribution in [3.63, 3.8) is 0 Å². The van der Waals surface area contributed by atoms with E-state index in [1.54, 1.807) is 0 Å². The summed E-state index contributed by atoms with van der Waals surface area (Å²) < 4.78 is 13.1. The zero-order chi connectivity index (χ0) is 17.9. The number of nitrogens with zero attached hydrogens (tertiary/aromatic N) is 2. The molecular weight excluding hydrogens is 327 g/mol. The Morgan fingerprint density at radius 1 is 0.962 bits per heavy atom. The summed E-state index contributed by atoms with van der Waals surface area (Å²) in [4.78, 5) is 17.1. The fraction of sp³-hybridized carbons (Fsp3) is 0.409. The van der Waals surface area contributed by atoms with Gasteiger partial charge in [-0.3, -0.25) is 4.79 Å². The molecule has 1 atom stereocenters. The third-order valence-electron chi connectivity index (χ3n) is 5.64. The van der Waals surface area contributed by atoms with Gasteiger partial charge in [-0.1, -0.05) is 30.3 Å². The first kappa shape index (κ1) is 17.1. The minimum absolute atomic E-state index is 0.213. The smallest absolute Gasteiger partial charge is 0.223 e. The highest BCUT2D eigenvalue weighted by Crippen LogP contribution is 2.44. The first-order chi connectivity index (χ1) is 12.7. The summed E-state index contributed by atoms with van der Waals surface area (Å²) in [6.45, 7) is 3.08. The molecule has 26 heavy (non-hydrogen) atoms. The maximum atomic E-state index is 13.1. The molecule has 136 valence electrons. The average molecular weight is 352 g/mol. The van der Waals surface area contributed by atoms with E-state index in [0.717, 1.165) is 31.9 Å². The largest absolute Gasteiger partial charge is 0.368 e. The van der Waals surface area contributed by atoms with Gasteiger partial charge in [-0.15, -0.1) is 0 Å². The van der Waals surface area contributed by atoms with Crippen molar-refractivity contribution in [3.05, 3.63) is 66.0 Å². The molecule has 3 nitrogen and oxygen atoms in total. The monoisotopic (exact) mass is 352 g/mol. The predicted octanol–water partition coefficient (Wildman–Crippen LogP) is 4.06. The lowest BCUT2D eigenvalue weighted by Gasteiger charge is -2.36. The van der Waals surface area contributed by atoms with Gasteiger partial charge in [0.1, 0.15) is 5.82 Å². The Labute approximate surface area is 154 Å². The van der Waals surface area contributed by atoms with E-state index in [1.807, 2.05) is 23.1 Å². The molecule has 1 heterocycles. The van der Waals surface area contributed by atoms with E-state index < -0.39 is 0 Å². The lowest BCUT2D eigenvalue weighted by Crippen LogP contribution is -2.49. The molecule has 0 bridgehead atoms. The van der Waals surface area contributed by atoms with E-state index in [1.165, 1.54) is 30.5 Å². The van der Waals surface area contributed by atoms with E-state index in [4.69, 9.17) is 0 Å². The zero-order valence-corrected chi connectivity index (χ0v) is 15.0. The number of hydrogen-bond acceptors (Lipinski definition) is 2. The van der Waals surface area contributed by atoms with Gasteiger partial charge in [0.15, 0.2) is 0 Å². The zero-order valence-electron chi connectivity index (χ0n) is 15.0. The van der Waals surface area contributed by atoms with Crippen LogP contribution in [0.25, 0.3) is 0 Å². The van der Waals surface area contributed by atoms with Gasteiger partial charge in [0.25, 0.3) is 0 Å². The highest BCUT2D eigenvalue weighted by Gasteiger charge is 2.35. The van der Waals surface area contributed by atoms with Gasteiger partial charge < -0.3 is 9.80 Å². The first-order valence-electron chi connectivity index (χ1n) is 9.54. The van der Waals surface area contributed by atoms with Crippen molar-refractivity contribution in [1.29, 1.82) is 0 Å². The van der Waals surface area contributed by atoms with Crippen LogP contribution in [0.5, 0.6) is 0 Å². The van der Waals surface area contributed by atoms with Crippen LogP contribution in [0.1, 0.15) is 30.7 Å². The van der Waals surface area contributed by atoms with Crippen LogP contribution in [0.3, 0.4) is 0 Å². The normalized spacial score (nSPS) is 18.7. The summed E-state index contributed by atoms with van der Waals surface area (Å²) in [5.41, 5.74) is 2.33. The number of carbonyl (C=O) groups is 1. The average Bonchev–Trinajstić information content (AvgIpc) is 3.52. The van der Waals surface area contributed by atoms with Gasteiger partial charge in [-0.25, -0.2) is 4.39 Å². The molecule has 0 N–H and O–H groups in total. The van der Waals surface area contributed by atoms with Crippen LogP contribution in [0, 0.1) is 11.7 Å². The molecule has 0 spiro atoms. The van der Waals surface area contributed by atoms with E-state index >= 15 is 0 Å².